The number of aliphatic imine (C=N–C) groups is 2. The maximum absolute atomic E-state index is 5.80. The van der Waals surface area contributed by atoms with Crippen LogP contribution in [0.3, 0.4) is 0 Å². The Hall–Kier alpha value is -0.800. The van der Waals surface area contributed by atoms with Gasteiger partial charge in [0.05, 0.1) is 18.6 Å². The van der Waals surface area contributed by atoms with Crippen LogP contribution < -0.4 is 0 Å². The summed E-state index contributed by atoms with van der Waals surface area (Å²) in [5, 5.41) is 0.731. The van der Waals surface area contributed by atoms with Crippen LogP contribution in [0.1, 0.15) is 0 Å². The van der Waals surface area contributed by atoms with Crippen LogP contribution >= 0.6 is 23.2 Å². The quantitative estimate of drug-likeness (QED) is 0.551. The molecule has 2 aliphatic rings. The van der Waals surface area contributed by atoms with Gasteiger partial charge in [-0.15, -0.1) is 0 Å². The number of amidine groups is 1. The Morgan fingerprint density at radius 1 is 1.42 bits per heavy atom. The Labute approximate surface area is 79.7 Å². The summed E-state index contributed by atoms with van der Waals surface area (Å²) >= 11 is 11.5. The van der Waals surface area contributed by atoms with Crippen molar-refractivity contribution in [2.45, 2.75) is 0 Å². The summed E-state index contributed by atoms with van der Waals surface area (Å²) in [4.78, 5) is 9.57. The highest BCUT2D eigenvalue weighted by atomic mass is 35.5. The molecular formula is C7H5Cl2N3. The second-order valence-corrected chi connectivity index (χ2v) is 3.05. The average molecular weight is 202 g/mol. The third-order valence-corrected chi connectivity index (χ3v) is 2.01. The van der Waals surface area contributed by atoms with Crippen LogP contribution in [0.25, 0.3) is 0 Å². The highest BCUT2D eigenvalue weighted by Crippen LogP contribution is 2.21. The molecule has 0 atom stereocenters. The molecule has 0 N–H and O–H groups in total. The van der Waals surface area contributed by atoms with Gasteiger partial charge in [0.25, 0.3) is 0 Å². The molecule has 0 aliphatic carbocycles. The van der Waals surface area contributed by atoms with Crippen LogP contribution in [0.2, 0.25) is 0 Å². The first-order chi connectivity index (χ1) is 5.77. The van der Waals surface area contributed by atoms with Crippen LogP contribution in [0.5, 0.6) is 0 Å². The Morgan fingerprint density at radius 2 is 2.25 bits per heavy atom. The zero-order valence-electron chi connectivity index (χ0n) is 6.04. The van der Waals surface area contributed by atoms with Gasteiger partial charge in [0, 0.05) is 0 Å². The van der Waals surface area contributed by atoms with Crippen LogP contribution in [0.15, 0.2) is 33.0 Å². The van der Waals surface area contributed by atoms with Gasteiger partial charge in [-0.05, 0) is 23.8 Å². The molecule has 0 amide bonds. The zero-order valence-corrected chi connectivity index (χ0v) is 7.55. The third-order valence-electron chi connectivity index (χ3n) is 1.55. The lowest BCUT2D eigenvalue weighted by atomic mass is 10.3. The van der Waals surface area contributed by atoms with Gasteiger partial charge < -0.3 is 0 Å². The van der Waals surface area contributed by atoms with E-state index in [0.717, 1.165) is 5.70 Å². The van der Waals surface area contributed by atoms with Crippen molar-refractivity contribution in [1.29, 1.82) is 0 Å². The molecule has 0 spiro atoms. The van der Waals surface area contributed by atoms with Gasteiger partial charge in [0.15, 0.2) is 0 Å². The van der Waals surface area contributed by atoms with E-state index in [1.54, 1.807) is 17.3 Å². The molecule has 0 aromatic heterocycles. The minimum Gasteiger partial charge on any atom is -0.276 e. The number of nitrogens with zero attached hydrogens (tertiary/aromatic N) is 3. The van der Waals surface area contributed by atoms with Crippen molar-refractivity contribution in [2.24, 2.45) is 9.98 Å². The minimum atomic E-state index is 0.331. The number of fused-ring (bicyclic) bond motifs is 1. The van der Waals surface area contributed by atoms with Gasteiger partial charge >= 0.3 is 0 Å². The van der Waals surface area contributed by atoms with Gasteiger partial charge in [-0.2, -0.15) is 0 Å². The molecule has 0 aromatic rings. The molecule has 0 fully saturated rings. The molecule has 0 saturated heterocycles. The molecule has 0 unspecified atom stereocenters. The van der Waals surface area contributed by atoms with Gasteiger partial charge in [-0.25, -0.2) is 4.99 Å². The van der Waals surface area contributed by atoms with Gasteiger partial charge in [0.1, 0.15) is 5.16 Å². The van der Waals surface area contributed by atoms with Gasteiger partial charge in [-0.3, -0.25) is 9.89 Å². The molecule has 0 aromatic carbocycles. The summed E-state index contributed by atoms with van der Waals surface area (Å²) in [6.07, 6.45) is 5.32. The Kier molecular flexibility index (Phi) is 1.90. The lowest BCUT2D eigenvalue weighted by Gasteiger charge is -2.23. The van der Waals surface area contributed by atoms with E-state index < -0.39 is 0 Å². The molecule has 2 aliphatic heterocycles. The van der Waals surface area contributed by atoms with Crippen molar-refractivity contribution >= 4 is 34.8 Å². The molecule has 3 nitrogen and oxygen atoms in total. The van der Waals surface area contributed by atoms with Gasteiger partial charge in [-0.1, -0.05) is 11.6 Å². The van der Waals surface area contributed by atoms with Crippen LogP contribution in [0, 0.1) is 0 Å². The van der Waals surface area contributed by atoms with E-state index in [1.165, 1.54) is 0 Å². The van der Waals surface area contributed by atoms with E-state index in [1.807, 2.05) is 6.08 Å². The Balaban J connectivity index is 2.41. The van der Waals surface area contributed by atoms with Crippen molar-refractivity contribution in [1.82, 2.24) is 4.90 Å². The fourth-order valence-electron chi connectivity index (χ4n) is 1.02. The fourth-order valence-corrected chi connectivity index (χ4v) is 1.49. The van der Waals surface area contributed by atoms with Crippen molar-refractivity contribution < 1.29 is 0 Å². The van der Waals surface area contributed by atoms with Crippen LogP contribution in [-0.4, -0.2) is 23.1 Å². The number of rotatable bonds is 0. The summed E-state index contributed by atoms with van der Waals surface area (Å²) in [5.74, 6) is 0. The second kappa shape index (κ2) is 2.92. The molecule has 0 bridgehead atoms. The first-order valence-corrected chi connectivity index (χ1v) is 4.14. The smallest absolute Gasteiger partial charge is 0.209 e. The number of allylic oxidation sites excluding steroid dienone is 1. The maximum atomic E-state index is 5.80. The second-order valence-electron chi connectivity index (χ2n) is 2.33. The lowest BCUT2D eigenvalue weighted by molar-refractivity contribution is 0.773. The Bertz CT molecular complexity index is 328. The summed E-state index contributed by atoms with van der Waals surface area (Å²) in [6, 6.07) is 0. The Morgan fingerprint density at radius 3 is 3.08 bits per heavy atom. The summed E-state index contributed by atoms with van der Waals surface area (Å²) in [7, 11) is 0. The largest absolute Gasteiger partial charge is 0.276 e. The van der Waals surface area contributed by atoms with E-state index >= 15 is 0 Å². The van der Waals surface area contributed by atoms with E-state index in [4.69, 9.17) is 23.2 Å². The van der Waals surface area contributed by atoms with Gasteiger partial charge in [0.2, 0.25) is 5.29 Å². The maximum Gasteiger partial charge on any atom is 0.209 e. The van der Waals surface area contributed by atoms with E-state index in [-0.39, 0.29) is 0 Å². The monoisotopic (exact) mass is 201 g/mol. The number of hydrogen-bond acceptors (Lipinski definition) is 3. The van der Waals surface area contributed by atoms with E-state index in [9.17, 15) is 0 Å². The highest BCUT2D eigenvalue weighted by Gasteiger charge is 2.17. The SMILES string of the molecule is ClC1=CC2=CCN=CN2C(Cl)=N1. The molecule has 0 saturated carbocycles. The highest BCUT2D eigenvalue weighted by molar-refractivity contribution is 6.66. The predicted molar refractivity (Wildman–Crippen MR) is 50.5 cm³/mol. The topological polar surface area (TPSA) is 28.0 Å². The first kappa shape index (κ1) is 7.83. The van der Waals surface area contributed by atoms with Crippen molar-refractivity contribution in [3.05, 3.63) is 23.0 Å². The molecule has 0 radical (unpaired) electrons. The normalized spacial score (nSPS) is 21.2. The minimum absolute atomic E-state index is 0.331. The molecule has 62 valence electrons. The summed E-state index contributed by atoms with van der Waals surface area (Å²) < 4.78 is 0. The summed E-state index contributed by atoms with van der Waals surface area (Å²) in [6.45, 7) is 0.663. The average Bonchev–Trinajstić information content (AvgIpc) is 2.04. The van der Waals surface area contributed by atoms with E-state index in [2.05, 4.69) is 9.98 Å². The number of halogens is 2. The lowest BCUT2D eigenvalue weighted by Crippen LogP contribution is -2.28. The molecular weight excluding hydrogens is 197 g/mol. The standard InChI is InChI=1S/C7H5Cl2N3/c8-6-3-5-1-2-10-4-12(5)7(9)11-6/h1,3-4H,2H2. The van der Waals surface area contributed by atoms with E-state index in [0.29, 0.717) is 17.0 Å². The van der Waals surface area contributed by atoms with Crippen molar-refractivity contribution in [3.63, 3.8) is 0 Å². The molecule has 12 heavy (non-hydrogen) atoms. The summed E-state index contributed by atoms with van der Waals surface area (Å²) in [5.41, 5.74) is 0.926. The van der Waals surface area contributed by atoms with Crippen molar-refractivity contribution in [2.75, 3.05) is 6.54 Å². The predicted octanol–water partition coefficient (Wildman–Crippen LogP) is 1.90. The zero-order chi connectivity index (χ0) is 8.55. The van der Waals surface area contributed by atoms with Crippen molar-refractivity contribution in [3.8, 4) is 0 Å². The first-order valence-electron chi connectivity index (χ1n) is 3.38. The molecule has 5 heteroatoms. The number of hydrogen-bond donors (Lipinski definition) is 0. The fraction of sp³-hybridized carbons (Fsp3) is 0.143. The molecule has 2 rings (SSSR count). The van der Waals surface area contributed by atoms with Crippen LogP contribution in [0.4, 0.5) is 0 Å². The third kappa shape index (κ3) is 1.26. The van der Waals surface area contributed by atoms with Crippen LogP contribution in [-0.2, 0) is 0 Å². The molecule has 2 heterocycles.